The highest BCUT2D eigenvalue weighted by atomic mass is 32.1. The average Bonchev–Trinajstić information content (AvgIpc) is 2.72. The minimum atomic E-state index is -1.13. The third-order valence-electron chi connectivity index (χ3n) is 2.02. The summed E-state index contributed by atoms with van der Waals surface area (Å²) in [5.41, 5.74) is -0.437. The van der Waals surface area contributed by atoms with E-state index in [1.54, 1.807) is 0 Å². The van der Waals surface area contributed by atoms with E-state index in [0.29, 0.717) is 5.01 Å². The van der Waals surface area contributed by atoms with Crippen LogP contribution in [0.15, 0.2) is 28.5 Å². The fraction of sp³-hybridized carbons (Fsp3) is 0.100. The molecule has 0 saturated carbocycles. The Morgan fingerprint density at radius 2 is 2.29 bits per heavy atom. The number of carboxylic acid groups (broad SMARTS) is 1. The summed E-state index contributed by atoms with van der Waals surface area (Å²) in [6.45, 7) is 0.0640. The van der Waals surface area contributed by atoms with E-state index in [1.807, 2.05) is 0 Å². The molecule has 1 N–H and O–H groups in total. The van der Waals surface area contributed by atoms with Gasteiger partial charge in [0, 0.05) is 17.6 Å². The normalized spacial score (nSPS) is 10.4. The van der Waals surface area contributed by atoms with Gasteiger partial charge in [0.1, 0.15) is 10.8 Å². The lowest BCUT2D eigenvalue weighted by Crippen LogP contribution is -2.19. The van der Waals surface area contributed by atoms with E-state index < -0.39 is 11.8 Å². The first kappa shape index (κ1) is 11.5. The predicted octanol–water partition coefficient (Wildman–Crippen LogP) is 1.19. The number of pyridine rings is 1. The van der Waals surface area contributed by atoms with Crippen LogP contribution in [0.25, 0.3) is 0 Å². The van der Waals surface area contributed by atoms with Crippen LogP contribution in [-0.4, -0.2) is 20.6 Å². The van der Waals surface area contributed by atoms with Gasteiger partial charge in [-0.2, -0.15) is 0 Å². The molecule has 0 spiro atoms. The molecule has 5 nitrogen and oxygen atoms in total. The SMILES string of the molecule is O=C(O)c1csc(Cn2cc(F)ccc2=O)n1. The zero-order valence-electron chi connectivity index (χ0n) is 8.46. The second-order valence-electron chi connectivity index (χ2n) is 3.25. The average molecular weight is 254 g/mol. The van der Waals surface area contributed by atoms with Crippen molar-refractivity contribution in [3.63, 3.8) is 0 Å². The number of aromatic carboxylic acids is 1. The molecule has 0 aromatic carbocycles. The Bertz CT molecular complexity index is 620. The maximum atomic E-state index is 12.9. The van der Waals surface area contributed by atoms with Crippen molar-refractivity contribution >= 4 is 17.3 Å². The standard InChI is InChI=1S/C10H7FN2O3S/c11-6-1-2-9(14)13(3-6)4-8-12-7(5-17-8)10(15)16/h1-3,5H,4H2,(H,15,16). The van der Waals surface area contributed by atoms with E-state index in [1.165, 1.54) is 5.38 Å². The lowest BCUT2D eigenvalue weighted by atomic mass is 10.4. The van der Waals surface area contributed by atoms with Gasteiger partial charge in [0.2, 0.25) is 0 Å². The van der Waals surface area contributed by atoms with Gasteiger partial charge in [-0.05, 0) is 6.07 Å². The Balaban J connectivity index is 2.28. The number of hydrogen-bond donors (Lipinski definition) is 1. The van der Waals surface area contributed by atoms with Crippen LogP contribution in [0, 0.1) is 5.82 Å². The number of carbonyl (C=O) groups is 1. The van der Waals surface area contributed by atoms with Gasteiger partial charge < -0.3 is 9.67 Å². The highest BCUT2D eigenvalue weighted by molar-refractivity contribution is 7.09. The van der Waals surface area contributed by atoms with Crippen molar-refractivity contribution in [3.05, 3.63) is 50.6 Å². The summed E-state index contributed by atoms with van der Waals surface area (Å²) in [6, 6.07) is 2.18. The number of halogens is 1. The van der Waals surface area contributed by atoms with Crippen LogP contribution in [0.4, 0.5) is 4.39 Å². The Morgan fingerprint density at radius 3 is 2.94 bits per heavy atom. The molecule has 0 atom stereocenters. The third kappa shape index (κ3) is 2.56. The molecule has 2 aromatic rings. The molecule has 88 valence electrons. The molecule has 0 fully saturated rings. The van der Waals surface area contributed by atoms with Gasteiger partial charge >= 0.3 is 5.97 Å². The van der Waals surface area contributed by atoms with Crippen LogP contribution in [0.5, 0.6) is 0 Å². The zero-order chi connectivity index (χ0) is 12.4. The number of nitrogens with zero attached hydrogens (tertiary/aromatic N) is 2. The monoisotopic (exact) mass is 254 g/mol. The first-order chi connectivity index (χ1) is 8.06. The fourth-order valence-electron chi connectivity index (χ4n) is 1.25. The quantitative estimate of drug-likeness (QED) is 0.893. The van der Waals surface area contributed by atoms with Crippen LogP contribution >= 0.6 is 11.3 Å². The molecule has 2 aromatic heterocycles. The lowest BCUT2D eigenvalue weighted by molar-refractivity contribution is 0.0691. The summed E-state index contributed by atoms with van der Waals surface area (Å²) in [4.78, 5) is 25.8. The maximum Gasteiger partial charge on any atom is 0.355 e. The van der Waals surface area contributed by atoms with E-state index in [9.17, 15) is 14.0 Å². The number of aromatic nitrogens is 2. The molecule has 0 radical (unpaired) electrons. The van der Waals surface area contributed by atoms with Gasteiger partial charge in [0.15, 0.2) is 5.69 Å². The molecule has 0 aliphatic rings. The Morgan fingerprint density at radius 1 is 1.53 bits per heavy atom. The Labute approximate surface area is 98.8 Å². The molecule has 0 unspecified atom stereocenters. The molecule has 0 bridgehead atoms. The topological polar surface area (TPSA) is 72.2 Å². The molecule has 0 amide bonds. The third-order valence-corrected chi connectivity index (χ3v) is 2.86. The minimum absolute atomic E-state index is 0.0640. The number of thiazole rings is 1. The maximum absolute atomic E-state index is 12.9. The van der Waals surface area contributed by atoms with Gasteiger partial charge in [-0.3, -0.25) is 4.79 Å². The lowest BCUT2D eigenvalue weighted by Gasteiger charge is -2.01. The van der Waals surface area contributed by atoms with E-state index in [4.69, 9.17) is 5.11 Å². The van der Waals surface area contributed by atoms with Crippen LogP contribution in [0.3, 0.4) is 0 Å². The van der Waals surface area contributed by atoms with Crippen molar-refractivity contribution in [1.82, 2.24) is 9.55 Å². The number of rotatable bonds is 3. The van der Waals surface area contributed by atoms with Crippen molar-refractivity contribution in [3.8, 4) is 0 Å². The molecule has 0 aliphatic carbocycles. The van der Waals surface area contributed by atoms with Gasteiger partial charge in [-0.25, -0.2) is 14.2 Å². The van der Waals surface area contributed by atoms with Gasteiger partial charge in [-0.1, -0.05) is 0 Å². The van der Waals surface area contributed by atoms with Crippen molar-refractivity contribution < 1.29 is 14.3 Å². The highest BCUT2D eigenvalue weighted by Gasteiger charge is 2.09. The Kier molecular flexibility index (Phi) is 3.01. The number of carboxylic acids is 1. The summed E-state index contributed by atoms with van der Waals surface area (Å²) in [7, 11) is 0. The van der Waals surface area contributed by atoms with Crippen molar-refractivity contribution in [2.45, 2.75) is 6.54 Å². The predicted molar refractivity (Wildman–Crippen MR) is 58.8 cm³/mol. The van der Waals surface area contributed by atoms with E-state index in [-0.39, 0.29) is 17.8 Å². The molecular weight excluding hydrogens is 247 g/mol. The molecule has 7 heteroatoms. The first-order valence-electron chi connectivity index (χ1n) is 4.60. The molecule has 2 heterocycles. The molecule has 0 aliphatic heterocycles. The summed E-state index contributed by atoms with van der Waals surface area (Å²) in [6.07, 6.45) is 1.06. The fourth-order valence-corrected chi connectivity index (χ4v) is 2.02. The van der Waals surface area contributed by atoms with Gasteiger partial charge in [-0.15, -0.1) is 11.3 Å². The molecule has 17 heavy (non-hydrogen) atoms. The minimum Gasteiger partial charge on any atom is -0.476 e. The molecule has 2 rings (SSSR count). The highest BCUT2D eigenvalue weighted by Crippen LogP contribution is 2.10. The summed E-state index contributed by atoms with van der Waals surface area (Å²) in [5, 5.41) is 10.5. The smallest absolute Gasteiger partial charge is 0.355 e. The summed E-state index contributed by atoms with van der Waals surface area (Å²) in [5.74, 6) is -1.65. The van der Waals surface area contributed by atoms with E-state index in [2.05, 4.69) is 4.98 Å². The second kappa shape index (κ2) is 4.46. The van der Waals surface area contributed by atoms with Crippen LogP contribution in [-0.2, 0) is 6.54 Å². The van der Waals surface area contributed by atoms with Crippen LogP contribution < -0.4 is 5.56 Å². The van der Waals surface area contributed by atoms with Crippen molar-refractivity contribution in [2.24, 2.45) is 0 Å². The Hall–Kier alpha value is -2.02. The van der Waals surface area contributed by atoms with Crippen LogP contribution in [0.1, 0.15) is 15.5 Å². The summed E-state index contributed by atoms with van der Waals surface area (Å²) >= 11 is 1.11. The van der Waals surface area contributed by atoms with Crippen molar-refractivity contribution in [1.29, 1.82) is 0 Å². The molecular formula is C10H7FN2O3S. The van der Waals surface area contributed by atoms with Gasteiger partial charge in [0.05, 0.1) is 6.54 Å². The second-order valence-corrected chi connectivity index (χ2v) is 4.19. The number of hydrogen-bond acceptors (Lipinski definition) is 4. The first-order valence-corrected chi connectivity index (χ1v) is 5.48. The largest absolute Gasteiger partial charge is 0.476 e. The van der Waals surface area contributed by atoms with Crippen molar-refractivity contribution in [2.75, 3.05) is 0 Å². The van der Waals surface area contributed by atoms with E-state index in [0.717, 1.165) is 34.2 Å². The van der Waals surface area contributed by atoms with Crippen LogP contribution in [0.2, 0.25) is 0 Å². The summed E-state index contributed by atoms with van der Waals surface area (Å²) < 4.78 is 14.1. The van der Waals surface area contributed by atoms with Gasteiger partial charge in [0.25, 0.3) is 5.56 Å². The molecule has 0 saturated heterocycles. The zero-order valence-corrected chi connectivity index (χ0v) is 9.28. The van der Waals surface area contributed by atoms with E-state index >= 15 is 0 Å².